The van der Waals surface area contributed by atoms with Gasteiger partial charge in [0.25, 0.3) is 0 Å². The second kappa shape index (κ2) is 4.23. The first-order valence-corrected chi connectivity index (χ1v) is 4.22. The number of nitrogens with one attached hydrogen (secondary N) is 1. The first kappa shape index (κ1) is 9.98. The number of rotatable bonds is 3. The molecule has 1 fully saturated rings. The molecular formula is C8H13NO4. The van der Waals surface area contributed by atoms with Crippen molar-refractivity contribution in [3.8, 4) is 0 Å². The Labute approximate surface area is 76.1 Å². The smallest absolute Gasteiger partial charge is 0.332 e. The molecule has 0 aromatic carbocycles. The summed E-state index contributed by atoms with van der Waals surface area (Å²) in [5.41, 5.74) is 0. The summed E-state index contributed by atoms with van der Waals surface area (Å²) in [6, 6.07) is 0. The molecule has 1 rings (SSSR count). The number of hydrogen-bond donors (Lipinski definition) is 2. The number of carboxylic acid groups (broad SMARTS) is 1. The molecule has 5 nitrogen and oxygen atoms in total. The Morgan fingerprint density at radius 2 is 2.23 bits per heavy atom. The Kier molecular flexibility index (Phi) is 3.25. The minimum Gasteiger partial charge on any atom is -0.479 e. The standard InChI is InChI=1S/C8H13NO4/c1-5(10)9-4-6-2-3-7(13-6)8(11)12/h6-7H,2-4H2,1H3,(H,9,10)(H,11,12)/t6-,7+/m0/s1. The summed E-state index contributed by atoms with van der Waals surface area (Å²) in [6.45, 7) is 1.82. The van der Waals surface area contributed by atoms with Crippen molar-refractivity contribution in [2.45, 2.75) is 32.0 Å². The summed E-state index contributed by atoms with van der Waals surface area (Å²) in [5, 5.41) is 11.2. The molecule has 1 aliphatic rings. The maximum Gasteiger partial charge on any atom is 0.332 e. The SMILES string of the molecule is CC(=O)NC[C@@H]1CC[C@H](C(=O)O)O1. The Morgan fingerprint density at radius 3 is 2.69 bits per heavy atom. The molecule has 0 aromatic heterocycles. The van der Waals surface area contributed by atoms with Crippen LogP contribution in [0.4, 0.5) is 0 Å². The van der Waals surface area contributed by atoms with Gasteiger partial charge < -0.3 is 15.2 Å². The van der Waals surface area contributed by atoms with E-state index < -0.39 is 12.1 Å². The van der Waals surface area contributed by atoms with E-state index in [2.05, 4.69) is 5.32 Å². The Hall–Kier alpha value is -1.10. The van der Waals surface area contributed by atoms with Crippen LogP contribution < -0.4 is 5.32 Å². The molecule has 5 heteroatoms. The molecule has 0 unspecified atom stereocenters. The van der Waals surface area contributed by atoms with Gasteiger partial charge in [0.1, 0.15) is 0 Å². The van der Waals surface area contributed by atoms with Crippen LogP contribution in [0.15, 0.2) is 0 Å². The number of ether oxygens (including phenoxy) is 1. The highest BCUT2D eigenvalue weighted by Crippen LogP contribution is 2.18. The normalized spacial score (nSPS) is 27.2. The largest absolute Gasteiger partial charge is 0.479 e. The van der Waals surface area contributed by atoms with Gasteiger partial charge in [0, 0.05) is 13.5 Å². The molecule has 13 heavy (non-hydrogen) atoms. The van der Waals surface area contributed by atoms with Gasteiger partial charge in [-0.3, -0.25) is 4.79 Å². The Bertz CT molecular complexity index is 216. The van der Waals surface area contributed by atoms with Gasteiger partial charge in [-0.25, -0.2) is 4.79 Å². The van der Waals surface area contributed by atoms with Crippen LogP contribution >= 0.6 is 0 Å². The molecule has 0 aromatic rings. The topological polar surface area (TPSA) is 75.6 Å². The lowest BCUT2D eigenvalue weighted by atomic mass is 10.2. The molecule has 0 spiro atoms. The summed E-state index contributed by atoms with van der Waals surface area (Å²) < 4.78 is 5.16. The zero-order valence-electron chi connectivity index (χ0n) is 7.45. The predicted molar refractivity (Wildman–Crippen MR) is 44.2 cm³/mol. The van der Waals surface area contributed by atoms with E-state index in [9.17, 15) is 9.59 Å². The molecule has 0 radical (unpaired) electrons. The van der Waals surface area contributed by atoms with E-state index in [0.29, 0.717) is 19.4 Å². The monoisotopic (exact) mass is 187 g/mol. The lowest BCUT2D eigenvalue weighted by Gasteiger charge is -2.10. The molecule has 0 bridgehead atoms. The Balaban J connectivity index is 2.25. The van der Waals surface area contributed by atoms with Crippen LogP contribution in [0.5, 0.6) is 0 Å². The van der Waals surface area contributed by atoms with E-state index in [1.165, 1.54) is 6.92 Å². The van der Waals surface area contributed by atoms with Crippen LogP contribution in [0.1, 0.15) is 19.8 Å². The van der Waals surface area contributed by atoms with E-state index in [1.807, 2.05) is 0 Å². The van der Waals surface area contributed by atoms with Gasteiger partial charge in [0.15, 0.2) is 6.10 Å². The van der Waals surface area contributed by atoms with E-state index in [-0.39, 0.29) is 12.0 Å². The molecule has 0 saturated carbocycles. The third kappa shape index (κ3) is 3.02. The zero-order chi connectivity index (χ0) is 9.84. The van der Waals surface area contributed by atoms with Crippen molar-refractivity contribution in [2.75, 3.05) is 6.54 Å². The van der Waals surface area contributed by atoms with Gasteiger partial charge in [0.05, 0.1) is 6.10 Å². The summed E-state index contributed by atoms with van der Waals surface area (Å²) in [6.07, 6.45) is 0.375. The van der Waals surface area contributed by atoms with E-state index in [0.717, 1.165) is 0 Å². The number of amides is 1. The van der Waals surface area contributed by atoms with E-state index >= 15 is 0 Å². The van der Waals surface area contributed by atoms with Crippen molar-refractivity contribution < 1.29 is 19.4 Å². The zero-order valence-corrected chi connectivity index (χ0v) is 7.45. The third-order valence-electron chi connectivity index (χ3n) is 1.96. The fraction of sp³-hybridized carbons (Fsp3) is 0.750. The van der Waals surface area contributed by atoms with E-state index in [1.54, 1.807) is 0 Å². The number of carbonyl (C=O) groups excluding carboxylic acids is 1. The van der Waals surface area contributed by atoms with Crippen LogP contribution in [-0.4, -0.2) is 35.7 Å². The summed E-state index contributed by atoms with van der Waals surface area (Å²) in [7, 11) is 0. The lowest BCUT2D eigenvalue weighted by molar-refractivity contribution is -0.149. The fourth-order valence-electron chi connectivity index (χ4n) is 1.30. The second-order valence-corrected chi connectivity index (χ2v) is 3.10. The summed E-state index contributed by atoms with van der Waals surface area (Å²) in [4.78, 5) is 21.0. The van der Waals surface area contributed by atoms with Crippen LogP contribution in [0.3, 0.4) is 0 Å². The van der Waals surface area contributed by atoms with Crippen LogP contribution in [0, 0.1) is 0 Å². The second-order valence-electron chi connectivity index (χ2n) is 3.10. The maximum atomic E-state index is 10.5. The van der Waals surface area contributed by atoms with Crippen molar-refractivity contribution >= 4 is 11.9 Å². The van der Waals surface area contributed by atoms with Crippen LogP contribution in [0.25, 0.3) is 0 Å². The van der Waals surface area contributed by atoms with E-state index in [4.69, 9.17) is 9.84 Å². The van der Waals surface area contributed by atoms with Crippen molar-refractivity contribution in [3.63, 3.8) is 0 Å². The van der Waals surface area contributed by atoms with Gasteiger partial charge in [-0.05, 0) is 12.8 Å². The molecule has 1 amide bonds. The number of carbonyl (C=O) groups is 2. The first-order chi connectivity index (χ1) is 6.09. The maximum absolute atomic E-state index is 10.5. The minimum absolute atomic E-state index is 0.123. The van der Waals surface area contributed by atoms with Crippen molar-refractivity contribution in [2.24, 2.45) is 0 Å². The molecule has 2 atom stereocenters. The highest BCUT2D eigenvalue weighted by molar-refractivity contribution is 5.73. The number of aliphatic carboxylic acids is 1. The Morgan fingerprint density at radius 1 is 1.54 bits per heavy atom. The molecular weight excluding hydrogens is 174 g/mol. The number of hydrogen-bond acceptors (Lipinski definition) is 3. The molecule has 1 aliphatic heterocycles. The van der Waals surface area contributed by atoms with Crippen LogP contribution in [0.2, 0.25) is 0 Å². The quantitative estimate of drug-likeness (QED) is 0.639. The highest BCUT2D eigenvalue weighted by atomic mass is 16.5. The average molecular weight is 187 g/mol. The third-order valence-corrected chi connectivity index (χ3v) is 1.96. The number of carboxylic acids is 1. The molecule has 1 heterocycles. The fourth-order valence-corrected chi connectivity index (χ4v) is 1.30. The molecule has 2 N–H and O–H groups in total. The average Bonchev–Trinajstić information content (AvgIpc) is 2.48. The lowest BCUT2D eigenvalue weighted by Crippen LogP contribution is -2.31. The summed E-state index contributed by atoms with van der Waals surface area (Å²) >= 11 is 0. The van der Waals surface area contributed by atoms with Gasteiger partial charge in [-0.1, -0.05) is 0 Å². The first-order valence-electron chi connectivity index (χ1n) is 4.22. The van der Waals surface area contributed by atoms with Gasteiger partial charge >= 0.3 is 5.97 Å². The molecule has 1 saturated heterocycles. The van der Waals surface area contributed by atoms with Gasteiger partial charge in [-0.15, -0.1) is 0 Å². The highest BCUT2D eigenvalue weighted by Gasteiger charge is 2.30. The van der Waals surface area contributed by atoms with Crippen LogP contribution in [-0.2, 0) is 14.3 Å². The predicted octanol–water partition coefficient (Wildman–Crippen LogP) is -0.245. The van der Waals surface area contributed by atoms with Crippen molar-refractivity contribution in [1.82, 2.24) is 5.32 Å². The van der Waals surface area contributed by atoms with Gasteiger partial charge in [0.2, 0.25) is 5.91 Å². The van der Waals surface area contributed by atoms with Crippen molar-refractivity contribution in [1.29, 1.82) is 0 Å². The summed E-state index contributed by atoms with van der Waals surface area (Å²) in [5.74, 6) is -1.05. The van der Waals surface area contributed by atoms with Crippen molar-refractivity contribution in [3.05, 3.63) is 0 Å². The van der Waals surface area contributed by atoms with Gasteiger partial charge in [-0.2, -0.15) is 0 Å². The minimum atomic E-state index is -0.926. The molecule has 0 aliphatic carbocycles. The molecule has 74 valence electrons.